The molecule has 8 heteroatoms. The Hall–Kier alpha value is -1.67. The van der Waals surface area contributed by atoms with Gasteiger partial charge in [0.15, 0.2) is 15.6 Å². The summed E-state index contributed by atoms with van der Waals surface area (Å²) in [5.41, 5.74) is 0. The highest BCUT2D eigenvalue weighted by atomic mass is 32.2. The van der Waals surface area contributed by atoms with Crippen molar-refractivity contribution in [2.24, 2.45) is 0 Å². The lowest BCUT2D eigenvalue weighted by Crippen LogP contribution is -2.40. The van der Waals surface area contributed by atoms with E-state index >= 15 is 0 Å². The number of aromatic nitrogens is 3. The monoisotopic (exact) mass is 350 g/mol. The predicted octanol–water partition coefficient (Wildman–Crippen LogP) is 1.71. The molecule has 4 rings (SSSR count). The van der Waals surface area contributed by atoms with E-state index in [4.69, 9.17) is 9.40 Å². The SMILES string of the molecule is CN(C)C1CC(c2nc(-c3ccco3)nn2C2CCS(=O)(=O)C2)C1. The highest BCUT2D eigenvalue weighted by molar-refractivity contribution is 7.91. The molecule has 1 saturated carbocycles. The maximum atomic E-state index is 11.9. The Bertz CT molecular complexity index is 820. The van der Waals surface area contributed by atoms with Gasteiger partial charge in [-0.15, -0.1) is 5.10 Å². The minimum atomic E-state index is -2.96. The number of sulfone groups is 1. The highest BCUT2D eigenvalue weighted by Gasteiger charge is 2.39. The fraction of sp³-hybridized carbons (Fsp3) is 0.625. The van der Waals surface area contributed by atoms with E-state index in [1.807, 2.05) is 10.7 Å². The Morgan fingerprint density at radius 3 is 2.71 bits per heavy atom. The average Bonchev–Trinajstić information content (AvgIpc) is 3.15. The fourth-order valence-corrected chi connectivity index (χ4v) is 5.27. The van der Waals surface area contributed by atoms with Crippen LogP contribution in [0, 0.1) is 0 Å². The van der Waals surface area contributed by atoms with Crippen LogP contribution in [0.25, 0.3) is 11.6 Å². The maximum absolute atomic E-state index is 11.9. The van der Waals surface area contributed by atoms with Gasteiger partial charge >= 0.3 is 0 Å². The van der Waals surface area contributed by atoms with Crippen LogP contribution in [0.4, 0.5) is 0 Å². The number of furan rings is 1. The number of hydrogen-bond acceptors (Lipinski definition) is 6. The molecule has 0 spiro atoms. The first-order valence-electron chi connectivity index (χ1n) is 8.30. The number of rotatable bonds is 4. The third kappa shape index (κ3) is 2.77. The van der Waals surface area contributed by atoms with Gasteiger partial charge in [-0.1, -0.05) is 0 Å². The van der Waals surface area contributed by atoms with Crippen molar-refractivity contribution in [3.05, 3.63) is 24.2 Å². The molecule has 7 nitrogen and oxygen atoms in total. The van der Waals surface area contributed by atoms with Gasteiger partial charge in [0, 0.05) is 12.0 Å². The van der Waals surface area contributed by atoms with Crippen LogP contribution in [0.1, 0.15) is 37.0 Å². The third-order valence-corrected chi connectivity index (χ3v) is 6.91. The van der Waals surface area contributed by atoms with Gasteiger partial charge in [0.25, 0.3) is 0 Å². The Labute approximate surface area is 141 Å². The number of hydrogen-bond donors (Lipinski definition) is 0. The van der Waals surface area contributed by atoms with Gasteiger partial charge in [-0.25, -0.2) is 18.1 Å². The van der Waals surface area contributed by atoms with E-state index in [-0.39, 0.29) is 17.5 Å². The van der Waals surface area contributed by atoms with Crippen molar-refractivity contribution in [2.45, 2.75) is 37.3 Å². The van der Waals surface area contributed by atoms with E-state index < -0.39 is 9.84 Å². The lowest BCUT2D eigenvalue weighted by Gasteiger charge is -2.39. The second-order valence-corrected chi connectivity index (χ2v) is 9.29. The molecule has 24 heavy (non-hydrogen) atoms. The first-order valence-corrected chi connectivity index (χ1v) is 10.1. The quantitative estimate of drug-likeness (QED) is 0.835. The van der Waals surface area contributed by atoms with Crippen molar-refractivity contribution in [1.82, 2.24) is 19.7 Å². The molecule has 3 heterocycles. The van der Waals surface area contributed by atoms with Crippen LogP contribution in [-0.4, -0.2) is 59.7 Å². The van der Waals surface area contributed by atoms with Crippen molar-refractivity contribution >= 4 is 9.84 Å². The fourth-order valence-electron chi connectivity index (χ4n) is 3.58. The zero-order valence-corrected chi connectivity index (χ0v) is 14.7. The molecule has 2 aromatic rings. The standard InChI is InChI=1S/C16H22N4O3S/c1-19(2)13-8-11(9-13)16-17-15(14-4-3-6-23-14)18-20(16)12-5-7-24(21,22)10-12/h3-4,6,11-13H,5,7-10H2,1-2H3. The first-order chi connectivity index (χ1) is 11.4. The van der Waals surface area contributed by atoms with Crippen molar-refractivity contribution in [2.75, 3.05) is 25.6 Å². The summed E-state index contributed by atoms with van der Waals surface area (Å²) in [6.45, 7) is 0. The van der Waals surface area contributed by atoms with E-state index in [9.17, 15) is 8.42 Å². The molecular formula is C16H22N4O3S. The lowest BCUT2D eigenvalue weighted by atomic mass is 9.79. The predicted molar refractivity (Wildman–Crippen MR) is 89.5 cm³/mol. The van der Waals surface area contributed by atoms with Crippen LogP contribution >= 0.6 is 0 Å². The van der Waals surface area contributed by atoms with Crippen LogP contribution in [0.3, 0.4) is 0 Å². The Balaban J connectivity index is 1.66. The van der Waals surface area contributed by atoms with E-state index in [1.54, 1.807) is 12.3 Å². The molecule has 0 amide bonds. The van der Waals surface area contributed by atoms with E-state index in [0.29, 0.717) is 30.0 Å². The molecule has 0 radical (unpaired) electrons. The van der Waals surface area contributed by atoms with Crippen LogP contribution in [0.2, 0.25) is 0 Å². The molecule has 0 aromatic carbocycles. The van der Waals surface area contributed by atoms with Gasteiger partial charge in [-0.2, -0.15) is 0 Å². The van der Waals surface area contributed by atoms with Crippen LogP contribution < -0.4 is 0 Å². The van der Waals surface area contributed by atoms with Gasteiger partial charge in [0.1, 0.15) is 5.82 Å². The second kappa shape index (κ2) is 5.70. The van der Waals surface area contributed by atoms with E-state index in [1.165, 1.54) is 0 Å². The molecule has 130 valence electrons. The van der Waals surface area contributed by atoms with Crippen molar-refractivity contribution in [3.8, 4) is 11.6 Å². The Kier molecular flexibility index (Phi) is 3.76. The molecule has 1 aliphatic heterocycles. The summed E-state index contributed by atoms with van der Waals surface area (Å²) < 4.78 is 31.0. The van der Waals surface area contributed by atoms with Gasteiger partial charge in [0.2, 0.25) is 5.82 Å². The van der Waals surface area contributed by atoms with Crippen LogP contribution in [0.5, 0.6) is 0 Å². The van der Waals surface area contributed by atoms with Crippen molar-refractivity contribution < 1.29 is 12.8 Å². The molecule has 2 fully saturated rings. The summed E-state index contributed by atoms with van der Waals surface area (Å²) in [7, 11) is 1.21. The van der Waals surface area contributed by atoms with E-state index in [0.717, 1.165) is 18.7 Å². The minimum absolute atomic E-state index is 0.111. The van der Waals surface area contributed by atoms with Gasteiger partial charge in [-0.3, -0.25) is 0 Å². The van der Waals surface area contributed by atoms with Gasteiger partial charge in [0.05, 0.1) is 23.8 Å². The average molecular weight is 350 g/mol. The molecule has 2 aliphatic rings. The zero-order chi connectivity index (χ0) is 16.9. The minimum Gasteiger partial charge on any atom is -0.461 e. The molecule has 0 N–H and O–H groups in total. The van der Waals surface area contributed by atoms with Gasteiger partial charge < -0.3 is 9.32 Å². The smallest absolute Gasteiger partial charge is 0.217 e. The lowest BCUT2D eigenvalue weighted by molar-refractivity contribution is 0.157. The summed E-state index contributed by atoms with van der Waals surface area (Å²) in [5.74, 6) is 2.80. The zero-order valence-electron chi connectivity index (χ0n) is 13.9. The molecule has 1 aliphatic carbocycles. The molecular weight excluding hydrogens is 328 g/mol. The molecule has 2 aromatic heterocycles. The molecule has 0 bridgehead atoms. The van der Waals surface area contributed by atoms with Crippen LogP contribution in [0.15, 0.2) is 22.8 Å². The summed E-state index contributed by atoms with van der Waals surface area (Å²) in [6.07, 6.45) is 4.27. The van der Waals surface area contributed by atoms with Crippen molar-refractivity contribution in [3.63, 3.8) is 0 Å². The summed E-state index contributed by atoms with van der Waals surface area (Å²) in [4.78, 5) is 6.93. The van der Waals surface area contributed by atoms with Crippen molar-refractivity contribution in [1.29, 1.82) is 0 Å². The Morgan fingerprint density at radius 2 is 2.12 bits per heavy atom. The summed E-state index contributed by atoms with van der Waals surface area (Å²) in [6, 6.07) is 4.08. The van der Waals surface area contributed by atoms with E-state index in [2.05, 4.69) is 24.1 Å². The maximum Gasteiger partial charge on any atom is 0.217 e. The summed E-state index contributed by atoms with van der Waals surface area (Å²) >= 11 is 0. The topological polar surface area (TPSA) is 81.2 Å². The van der Waals surface area contributed by atoms with Gasteiger partial charge in [-0.05, 0) is 45.5 Å². The molecule has 1 unspecified atom stereocenters. The normalized spacial score (nSPS) is 29.0. The second-order valence-electron chi connectivity index (χ2n) is 7.06. The van der Waals surface area contributed by atoms with Crippen LogP contribution in [-0.2, 0) is 9.84 Å². The highest BCUT2D eigenvalue weighted by Crippen LogP contribution is 2.40. The Morgan fingerprint density at radius 1 is 1.33 bits per heavy atom. The molecule has 1 saturated heterocycles. The largest absolute Gasteiger partial charge is 0.461 e. The first kappa shape index (κ1) is 15.8. The number of nitrogens with zero attached hydrogens (tertiary/aromatic N) is 4. The third-order valence-electron chi connectivity index (χ3n) is 5.16. The molecule has 1 atom stereocenters. The summed E-state index contributed by atoms with van der Waals surface area (Å²) in [5, 5.41) is 4.61.